The van der Waals surface area contributed by atoms with Crippen molar-refractivity contribution in [3.8, 4) is 0 Å². The van der Waals surface area contributed by atoms with Crippen molar-refractivity contribution in [3.05, 3.63) is 101 Å². The van der Waals surface area contributed by atoms with Crippen LogP contribution >= 0.6 is 0 Å². The summed E-state index contributed by atoms with van der Waals surface area (Å²) < 4.78 is 62.7. The Morgan fingerprint density at radius 3 is 2.23 bits per heavy atom. The Kier molecular flexibility index (Phi) is 8.78. The first-order valence-corrected chi connectivity index (χ1v) is 14.4. The van der Waals surface area contributed by atoms with Gasteiger partial charge in [0.05, 0.1) is 28.9 Å². The molecule has 1 aliphatic heterocycles. The lowest BCUT2D eigenvalue weighted by atomic mass is 10.0. The van der Waals surface area contributed by atoms with E-state index in [0.717, 1.165) is 42.6 Å². The molecule has 0 radical (unpaired) electrons. The lowest BCUT2D eigenvalue weighted by molar-refractivity contribution is -0.137. The zero-order valence-electron chi connectivity index (χ0n) is 21.5. The average Bonchev–Trinajstić information content (AvgIpc) is 3.39. The van der Waals surface area contributed by atoms with E-state index >= 15 is 0 Å². The number of nitrogens with one attached hydrogen (secondary N) is 1. The number of nitrogens with zero attached hydrogens (tertiary/aromatic N) is 1. The number of carbonyl (C=O) groups excluding carboxylic acids is 1. The van der Waals surface area contributed by atoms with Crippen molar-refractivity contribution in [1.29, 1.82) is 0 Å². The number of aliphatic hydroxyl groups excluding tert-OH is 1. The third-order valence-electron chi connectivity index (χ3n) is 7.10. The molecule has 1 aliphatic rings. The molecule has 1 heterocycles. The fourth-order valence-electron chi connectivity index (χ4n) is 4.83. The van der Waals surface area contributed by atoms with Crippen LogP contribution in [-0.4, -0.2) is 43.2 Å². The molecule has 1 fully saturated rings. The van der Waals surface area contributed by atoms with Crippen molar-refractivity contribution in [2.75, 3.05) is 18.9 Å². The highest BCUT2D eigenvalue weighted by Gasteiger charge is 2.31. The van der Waals surface area contributed by atoms with Gasteiger partial charge < -0.3 is 10.4 Å². The second-order valence-corrected chi connectivity index (χ2v) is 11.9. The van der Waals surface area contributed by atoms with Crippen molar-refractivity contribution >= 4 is 15.7 Å². The molecule has 0 aromatic heterocycles. The van der Waals surface area contributed by atoms with Gasteiger partial charge in [0.15, 0.2) is 9.84 Å². The van der Waals surface area contributed by atoms with Crippen LogP contribution in [0.4, 0.5) is 13.2 Å². The first kappa shape index (κ1) is 28.8. The van der Waals surface area contributed by atoms with E-state index in [9.17, 15) is 31.5 Å². The Balaban J connectivity index is 1.40. The van der Waals surface area contributed by atoms with Crippen molar-refractivity contribution in [3.63, 3.8) is 0 Å². The summed E-state index contributed by atoms with van der Waals surface area (Å²) in [6.45, 7) is 2.56. The Labute approximate surface area is 226 Å². The quantitative estimate of drug-likeness (QED) is 0.371. The molecular weight excluding hydrogens is 529 g/mol. The minimum atomic E-state index is -4.36. The molecule has 2 N–H and O–H groups in total. The average molecular weight is 561 g/mol. The van der Waals surface area contributed by atoms with Crippen molar-refractivity contribution in [2.45, 2.75) is 49.5 Å². The monoisotopic (exact) mass is 560 g/mol. The van der Waals surface area contributed by atoms with Gasteiger partial charge in [-0.15, -0.1) is 0 Å². The fourth-order valence-corrected chi connectivity index (χ4v) is 5.72. The standard InChI is InChI=1S/C29H31F3N2O4S/c1-2-39(37,38)25-15-11-21(12-16-25)26(19-35)33-28(36)23-9-7-22(8-10-23)27-4-3-17-34(27)18-20-5-13-24(14-6-20)29(30,31)32/h5-16,26-27,35H,2-4,17-19H2,1H3,(H,33,36). The van der Waals surface area contributed by atoms with E-state index in [-0.39, 0.29) is 29.2 Å². The summed E-state index contributed by atoms with van der Waals surface area (Å²) in [4.78, 5) is 15.3. The summed E-state index contributed by atoms with van der Waals surface area (Å²) in [5.41, 5.74) is 2.16. The Morgan fingerprint density at radius 2 is 1.67 bits per heavy atom. The number of aliphatic hydroxyl groups is 1. The summed E-state index contributed by atoms with van der Waals surface area (Å²) in [7, 11) is -3.35. The normalized spacial score (nSPS) is 17.2. The molecule has 0 spiro atoms. The summed E-state index contributed by atoms with van der Waals surface area (Å²) in [5.74, 6) is -0.394. The van der Waals surface area contributed by atoms with Gasteiger partial charge in [0, 0.05) is 18.2 Å². The number of alkyl halides is 3. The van der Waals surface area contributed by atoms with E-state index in [1.165, 1.54) is 24.3 Å². The maximum Gasteiger partial charge on any atom is 0.416 e. The molecule has 4 rings (SSSR count). The van der Waals surface area contributed by atoms with Gasteiger partial charge in [-0.1, -0.05) is 43.3 Å². The number of sulfone groups is 1. The molecule has 10 heteroatoms. The predicted octanol–water partition coefficient (Wildman–Crippen LogP) is 5.30. The van der Waals surface area contributed by atoms with Gasteiger partial charge >= 0.3 is 6.18 Å². The van der Waals surface area contributed by atoms with Crippen LogP contribution < -0.4 is 5.32 Å². The zero-order valence-corrected chi connectivity index (χ0v) is 22.3. The number of hydrogen-bond donors (Lipinski definition) is 2. The van der Waals surface area contributed by atoms with Crippen LogP contribution in [0, 0.1) is 0 Å². The molecule has 0 saturated carbocycles. The van der Waals surface area contributed by atoms with E-state index in [2.05, 4.69) is 10.2 Å². The van der Waals surface area contributed by atoms with Crippen LogP contribution in [0.25, 0.3) is 0 Å². The molecule has 208 valence electrons. The lowest BCUT2D eigenvalue weighted by Gasteiger charge is -2.25. The molecule has 0 aliphatic carbocycles. The summed E-state index contributed by atoms with van der Waals surface area (Å²) >= 11 is 0. The van der Waals surface area contributed by atoms with Gasteiger partial charge in [-0.25, -0.2) is 8.42 Å². The number of hydrogen-bond acceptors (Lipinski definition) is 5. The second kappa shape index (κ2) is 11.9. The molecule has 2 unspecified atom stereocenters. The lowest BCUT2D eigenvalue weighted by Crippen LogP contribution is -2.30. The van der Waals surface area contributed by atoms with Crippen LogP contribution in [0.15, 0.2) is 77.7 Å². The first-order chi connectivity index (χ1) is 18.5. The molecule has 1 amide bonds. The van der Waals surface area contributed by atoms with E-state index in [4.69, 9.17) is 0 Å². The van der Waals surface area contributed by atoms with Crippen molar-refractivity contribution < 1.29 is 31.5 Å². The molecule has 3 aromatic rings. The number of rotatable bonds is 9. The molecule has 0 bridgehead atoms. The van der Waals surface area contributed by atoms with Crippen LogP contribution in [0.2, 0.25) is 0 Å². The highest BCUT2D eigenvalue weighted by atomic mass is 32.2. The summed E-state index contributed by atoms with van der Waals surface area (Å²) in [5, 5.41) is 12.6. The Morgan fingerprint density at radius 1 is 1.03 bits per heavy atom. The van der Waals surface area contributed by atoms with E-state index < -0.39 is 27.6 Å². The van der Waals surface area contributed by atoms with Gasteiger partial charge in [-0.2, -0.15) is 13.2 Å². The van der Waals surface area contributed by atoms with Gasteiger partial charge in [-0.05, 0) is 72.5 Å². The van der Waals surface area contributed by atoms with Crippen molar-refractivity contribution in [2.24, 2.45) is 0 Å². The second-order valence-electron chi connectivity index (χ2n) is 9.63. The molecule has 39 heavy (non-hydrogen) atoms. The van der Waals surface area contributed by atoms with Gasteiger partial charge in [0.2, 0.25) is 0 Å². The number of benzene rings is 3. The third-order valence-corrected chi connectivity index (χ3v) is 8.85. The molecule has 2 atom stereocenters. The molecule has 1 saturated heterocycles. The smallest absolute Gasteiger partial charge is 0.394 e. The fraction of sp³-hybridized carbons (Fsp3) is 0.345. The maximum atomic E-state index is 12.9. The number of likely N-dealkylation sites (tertiary alicyclic amines) is 1. The minimum absolute atomic E-state index is 0.0177. The predicted molar refractivity (Wildman–Crippen MR) is 142 cm³/mol. The zero-order chi connectivity index (χ0) is 28.2. The Bertz CT molecular complexity index is 1370. The van der Waals surface area contributed by atoms with Gasteiger partial charge in [0.25, 0.3) is 5.91 Å². The van der Waals surface area contributed by atoms with E-state index in [1.807, 2.05) is 12.1 Å². The van der Waals surface area contributed by atoms with Crippen LogP contribution in [0.1, 0.15) is 64.5 Å². The number of halogens is 3. The number of carbonyl (C=O) groups is 1. The van der Waals surface area contributed by atoms with E-state index in [0.29, 0.717) is 17.7 Å². The Hall–Kier alpha value is -3.21. The summed E-state index contributed by atoms with van der Waals surface area (Å²) in [6.07, 6.45) is -2.49. The highest BCUT2D eigenvalue weighted by molar-refractivity contribution is 7.91. The first-order valence-electron chi connectivity index (χ1n) is 12.8. The third kappa shape index (κ3) is 6.87. The maximum absolute atomic E-state index is 12.9. The largest absolute Gasteiger partial charge is 0.416 e. The molecular formula is C29H31F3N2O4S. The van der Waals surface area contributed by atoms with Crippen molar-refractivity contribution in [1.82, 2.24) is 10.2 Å². The molecule has 3 aromatic carbocycles. The topological polar surface area (TPSA) is 86.7 Å². The van der Waals surface area contributed by atoms with Gasteiger partial charge in [-0.3, -0.25) is 9.69 Å². The highest BCUT2D eigenvalue weighted by Crippen LogP contribution is 2.34. The molecule has 6 nitrogen and oxygen atoms in total. The van der Waals surface area contributed by atoms with E-state index in [1.54, 1.807) is 31.2 Å². The number of amides is 1. The minimum Gasteiger partial charge on any atom is -0.394 e. The van der Waals surface area contributed by atoms with Gasteiger partial charge in [0.1, 0.15) is 0 Å². The van der Waals surface area contributed by atoms with Crippen LogP contribution in [0.5, 0.6) is 0 Å². The summed E-state index contributed by atoms with van der Waals surface area (Å²) in [6, 6.07) is 17.9. The SMILES string of the molecule is CCS(=O)(=O)c1ccc(C(CO)NC(=O)c2ccc(C3CCCN3Cc3ccc(C(F)(F)F)cc3)cc2)cc1. The van der Waals surface area contributed by atoms with Crippen LogP contribution in [0.3, 0.4) is 0 Å². The van der Waals surface area contributed by atoms with Crippen LogP contribution in [-0.2, 0) is 22.6 Å².